The van der Waals surface area contributed by atoms with E-state index >= 15 is 0 Å². The molecular formula is C16H19FN2O2. The number of nitrogens with zero attached hydrogens (tertiary/aromatic N) is 1. The molecule has 0 aliphatic carbocycles. The van der Waals surface area contributed by atoms with E-state index in [-0.39, 0.29) is 11.3 Å². The fraction of sp³-hybridized carbons (Fsp3) is 0.375. The maximum absolute atomic E-state index is 13.7. The number of hydrogen-bond acceptors (Lipinski definition) is 3. The molecule has 0 aliphatic rings. The van der Waals surface area contributed by atoms with Crippen molar-refractivity contribution in [1.82, 2.24) is 9.97 Å². The van der Waals surface area contributed by atoms with Crippen LogP contribution in [0, 0.1) is 18.7 Å². The molecule has 0 spiro atoms. The van der Waals surface area contributed by atoms with Crippen LogP contribution in [0.1, 0.15) is 25.1 Å². The molecule has 0 saturated heterocycles. The summed E-state index contributed by atoms with van der Waals surface area (Å²) in [7, 11) is 1.39. The lowest BCUT2D eigenvalue weighted by Crippen LogP contribution is -2.19. The number of methoxy groups -OCH3 is 1. The first-order valence-corrected chi connectivity index (χ1v) is 6.86. The standard InChI is InChI=1S/C16H19FN2O2/c1-9(2)8-12-10(3)18-15(19-16(12)20)11-6-5-7-13(17)14(11)21-4/h5-7,9H,8H2,1-4H3,(H,18,19,20). The summed E-state index contributed by atoms with van der Waals surface area (Å²) >= 11 is 0. The van der Waals surface area contributed by atoms with Gasteiger partial charge in [0.25, 0.3) is 5.56 Å². The molecule has 0 atom stereocenters. The predicted molar refractivity (Wildman–Crippen MR) is 80.1 cm³/mol. The Labute approximate surface area is 123 Å². The summed E-state index contributed by atoms with van der Waals surface area (Å²) in [5.74, 6) is 0.278. The van der Waals surface area contributed by atoms with Gasteiger partial charge >= 0.3 is 0 Å². The minimum atomic E-state index is -0.485. The fourth-order valence-electron chi connectivity index (χ4n) is 2.29. The summed E-state index contributed by atoms with van der Waals surface area (Å²) in [6, 6.07) is 4.53. The molecule has 0 radical (unpaired) electrons. The van der Waals surface area contributed by atoms with Crippen LogP contribution in [0.4, 0.5) is 4.39 Å². The quantitative estimate of drug-likeness (QED) is 0.941. The van der Waals surface area contributed by atoms with E-state index in [4.69, 9.17) is 4.74 Å². The van der Waals surface area contributed by atoms with Crippen LogP contribution in [0.15, 0.2) is 23.0 Å². The maximum Gasteiger partial charge on any atom is 0.254 e. The summed E-state index contributed by atoms with van der Waals surface area (Å²) in [4.78, 5) is 19.4. The summed E-state index contributed by atoms with van der Waals surface area (Å²) in [5.41, 5.74) is 1.59. The average molecular weight is 290 g/mol. The number of aromatic nitrogens is 2. The van der Waals surface area contributed by atoms with Gasteiger partial charge in [-0.15, -0.1) is 0 Å². The van der Waals surface area contributed by atoms with Crippen LogP contribution in [0.5, 0.6) is 5.75 Å². The van der Waals surface area contributed by atoms with Crippen LogP contribution >= 0.6 is 0 Å². The van der Waals surface area contributed by atoms with Crippen molar-refractivity contribution in [2.24, 2.45) is 5.92 Å². The van der Waals surface area contributed by atoms with Crippen molar-refractivity contribution in [2.75, 3.05) is 7.11 Å². The Kier molecular flexibility index (Phi) is 4.40. The number of nitrogens with one attached hydrogen (secondary N) is 1. The Morgan fingerprint density at radius 2 is 2.10 bits per heavy atom. The Hall–Kier alpha value is -2.17. The van der Waals surface area contributed by atoms with Gasteiger partial charge in [-0.1, -0.05) is 19.9 Å². The number of ether oxygens (including phenoxy) is 1. The summed E-state index contributed by atoms with van der Waals surface area (Å²) in [6.45, 7) is 5.88. The second kappa shape index (κ2) is 6.08. The lowest BCUT2D eigenvalue weighted by molar-refractivity contribution is 0.388. The summed E-state index contributed by atoms with van der Waals surface area (Å²) in [6.07, 6.45) is 0.661. The van der Waals surface area contributed by atoms with Gasteiger partial charge in [0.15, 0.2) is 11.6 Å². The molecule has 1 N–H and O–H groups in total. The van der Waals surface area contributed by atoms with Crippen molar-refractivity contribution in [1.29, 1.82) is 0 Å². The zero-order valence-corrected chi connectivity index (χ0v) is 12.7. The smallest absolute Gasteiger partial charge is 0.254 e. The first-order chi connectivity index (χ1) is 9.93. The summed E-state index contributed by atoms with van der Waals surface area (Å²) in [5, 5.41) is 0. The molecule has 0 bridgehead atoms. The van der Waals surface area contributed by atoms with Gasteiger partial charge in [-0.05, 0) is 31.4 Å². The lowest BCUT2D eigenvalue weighted by atomic mass is 10.0. The van der Waals surface area contributed by atoms with Crippen LogP contribution in [0.2, 0.25) is 0 Å². The molecule has 5 heteroatoms. The molecule has 1 heterocycles. The number of aromatic amines is 1. The first-order valence-electron chi connectivity index (χ1n) is 6.86. The van der Waals surface area contributed by atoms with Gasteiger partial charge in [-0.3, -0.25) is 4.79 Å². The second-order valence-corrected chi connectivity index (χ2v) is 5.40. The SMILES string of the molecule is COc1c(F)cccc1-c1nc(C)c(CC(C)C)c(=O)[nH]1. The molecule has 0 fully saturated rings. The predicted octanol–water partition coefficient (Wildman–Crippen LogP) is 3.09. The minimum Gasteiger partial charge on any atom is -0.493 e. The molecule has 0 aliphatic heterocycles. The molecule has 2 aromatic rings. The van der Waals surface area contributed by atoms with Crippen molar-refractivity contribution in [3.8, 4) is 17.1 Å². The Morgan fingerprint density at radius 1 is 1.38 bits per heavy atom. The molecule has 1 aromatic carbocycles. The van der Waals surface area contributed by atoms with Gasteiger partial charge in [0.1, 0.15) is 5.82 Å². The number of halogens is 1. The van der Waals surface area contributed by atoms with Crippen molar-refractivity contribution >= 4 is 0 Å². The lowest BCUT2D eigenvalue weighted by Gasteiger charge is -2.11. The highest BCUT2D eigenvalue weighted by molar-refractivity contribution is 5.64. The van der Waals surface area contributed by atoms with E-state index in [0.717, 1.165) is 0 Å². The van der Waals surface area contributed by atoms with E-state index in [1.54, 1.807) is 19.1 Å². The van der Waals surface area contributed by atoms with Crippen molar-refractivity contribution in [2.45, 2.75) is 27.2 Å². The molecule has 0 unspecified atom stereocenters. The van der Waals surface area contributed by atoms with Crippen molar-refractivity contribution < 1.29 is 9.13 Å². The van der Waals surface area contributed by atoms with Gasteiger partial charge in [-0.2, -0.15) is 0 Å². The number of rotatable bonds is 4. The highest BCUT2D eigenvalue weighted by Crippen LogP contribution is 2.29. The van der Waals surface area contributed by atoms with E-state index in [2.05, 4.69) is 9.97 Å². The number of hydrogen-bond donors (Lipinski definition) is 1. The molecule has 0 saturated carbocycles. The molecule has 1 aromatic heterocycles. The molecular weight excluding hydrogens is 271 g/mol. The Bertz CT molecular complexity index is 708. The molecule has 21 heavy (non-hydrogen) atoms. The van der Waals surface area contributed by atoms with Gasteiger partial charge in [0.05, 0.1) is 12.7 Å². The second-order valence-electron chi connectivity index (χ2n) is 5.40. The molecule has 2 rings (SSSR count). The maximum atomic E-state index is 13.7. The zero-order valence-electron chi connectivity index (χ0n) is 12.7. The fourth-order valence-corrected chi connectivity index (χ4v) is 2.29. The van der Waals surface area contributed by atoms with E-state index in [1.807, 2.05) is 13.8 Å². The number of para-hydroxylation sites is 1. The van der Waals surface area contributed by atoms with Crippen LogP contribution in [-0.4, -0.2) is 17.1 Å². The van der Waals surface area contributed by atoms with Gasteiger partial charge in [-0.25, -0.2) is 9.37 Å². The Balaban J connectivity index is 2.57. The highest BCUT2D eigenvalue weighted by Gasteiger charge is 2.15. The third-order valence-electron chi connectivity index (χ3n) is 3.26. The Morgan fingerprint density at radius 3 is 2.67 bits per heavy atom. The van der Waals surface area contributed by atoms with Gasteiger partial charge in [0.2, 0.25) is 0 Å². The summed E-state index contributed by atoms with van der Waals surface area (Å²) < 4.78 is 18.8. The third kappa shape index (κ3) is 3.12. The van der Waals surface area contributed by atoms with E-state index in [9.17, 15) is 9.18 Å². The average Bonchev–Trinajstić information content (AvgIpc) is 2.42. The number of H-pyrrole nitrogens is 1. The largest absolute Gasteiger partial charge is 0.493 e. The van der Waals surface area contributed by atoms with Crippen LogP contribution < -0.4 is 10.3 Å². The minimum absolute atomic E-state index is 0.0802. The highest BCUT2D eigenvalue weighted by atomic mass is 19.1. The topological polar surface area (TPSA) is 55.0 Å². The first kappa shape index (κ1) is 15.2. The van der Waals surface area contributed by atoms with Crippen LogP contribution in [0.25, 0.3) is 11.4 Å². The van der Waals surface area contributed by atoms with Crippen LogP contribution in [-0.2, 0) is 6.42 Å². The number of aryl methyl sites for hydroxylation is 1. The van der Waals surface area contributed by atoms with Gasteiger partial charge < -0.3 is 9.72 Å². The number of benzene rings is 1. The normalized spacial score (nSPS) is 11.0. The third-order valence-corrected chi connectivity index (χ3v) is 3.26. The monoisotopic (exact) mass is 290 g/mol. The van der Waals surface area contributed by atoms with Crippen molar-refractivity contribution in [3.05, 3.63) is 45.6 Å². The van der Waals surface area contributed by atoms with Crippen LogP contribution in [0.3, 0.4) is 0 Å². The van der Waals surface area contributed by atoms with E-state index < -0.39 is 5.82 Å². The zero-order chi connectivity index (χ0) is 15.6. The van der Waals surface area contributed by atoms with Gasteiger partial charge in [0, 0.05) is 11.3 Å². The molecule has 0 amide bonds. The van der Waals surface area contributed by atoms with Crippen molar-refractivity contribution in [3.63, 3.8) is 0 Å². The van der Waals surface area contributed by atoms with E-state index in [1.165, 1.54) is 13.2 Å². The molecule has 4 nitrogen and oxygen atoms in total. The molecule has 112 valence electrons. The van der Waals surface area contributed by atoms with E-state index in [0.29, 0.717) is 35.0 Å².